The molecule has 0 heterocycles. The third kappa shape index (κ3) is 2.25. The monoisotopic (exact) mass is 250 g/mol. The molecule has 0 bridgehead atoms. The van der Waals surface area contributed by atoms with Gasteiger partial charge in [0.1, 0.15) is 11.9 Å². The Bertz CT molecular complexity index is 434. The Kier molecular flexibility index (Phi) is 3.64. The van der Waals surface area contributed by atoms with Gasteiger partial charge in [0.15, 0.2) is 0 Å². The van der Waals surface area contributed by atoms with Crippen molar-refractivity contribution in [3.63, 3.8) is 0 Å². The van der Waals surface area contributed by atoms with Crippen LogP contribution in [0, 0.1) is 13.8 Å². The standard InChI is InChI=1S/C15H22O3/c1-10-9-13(18-3)11(2)8-12(10)14(16)15(17)6-4-5-7-15/h8-9,14,16-17H,4-7H2,1-3H3. The van der Waals surface area contributed by atoms with Gasteiger partial charge < -0.3 is 14.9 Å². The molecule has 1 aliphatic carbocycles. The van der Waals surface area contributed by atoms with Crippen LogP contribution in [-0.4, -0.2) is 22.9 Å². The fourth-order valence-electron chi connectivity index (χ4n) is 2.88. The lowest BCUT2D eigenvalue weighted by Gasteiger charge is -2.30. The second kappa shape index (κ2) is 4.90. The molecule has 18 heavy (non-hydrogen) atoms. The molecule has 2 N–H and O–H groups in total. The highest BCUT2D eigenvalue weighted by atomic mass is 16.5. The van der Waals surface area contributed by atoms with Crippen LogP contribution in [0.15, 0.2) is 12.1 Å². The van der Waals surface area contributed by atoms with Crippen molar-refractivity contribution in [2.24, 2.45) is 0 Å². The van der Waals surface area contributed by atoms with E-state index in [1.54, 1.807) is 7.11 Å². The van der Waals surface area contributed by atoms with Crippen LogP contribution in [0.25, 0.3) is 0 Å². The Morgan fingerprint density at radius 1 is 1.17 bits per heavy atom. The molecule has 100 valence electrons. The first-order chi connectivity index (χ1) is 8.48. The maximum atomic E-state index is 10.5. The van der Waals surface area contributed by atoms with Crippen LogP contribution in [0.1, 0.15) is 48.5 Å². The number of rotatable bonds is 3. The molecule has 0 radical (unpaired) electrons. The summed E-state index contributed by atoms with van der Waals surface area (Å²) in [7, 11) is 1.64. The molecule has 0 aromatic heterocycles. The molecule has 1 fully saturated rings. The molecule has 0 saturated heterocycles. The van der Waals surface area contributed by atoms with E-state index >= 15 is 0 Å². The van der Waals surface area contributed by atoms with Crippen LogP contribution in [0.3, 0.4) is 0 Å². The van der Waals surface area contributed by atoms with Gasteiger partial charge >= 0.3 is 0 Å². The van der Waals surface area contributed by atoms with Gasteiger partial charge in [-0.2, -0.15) is 0 Å². The summed E-state index contributed by atoms with van der Waals surface area (Å²) in [5, 5.41) is 20.9. The zero-order valence-electron chi connectivity index (χ0n) is 11.4. The summed E-state index contributed by atoms with van der Waals surface area (Å²) < 4.78 is 5.27. The van der Waals surface area contributed by atoms with Crippen molar-refractivity contribution >= 4 is 0 Å². The fraction of sp³-hybridized carbons (Fsp3) is 0.600. The molecule has 1 aliphatic rings. The van der Waals surface area contributed by atoms with Crippen LogP contribution in [-0.2, 0) is 0 Å². The molecular weight excluding hydrogens is 228 g/mol. The summed E-state index contributed by atoms with van der Waals surface area (Å²) in [6.45, 7) is 3.89. The van der Waals surface area contributed by atoms with Crippen molar-refractivity contribution in [1.29, 1.82) is 0 Å². The Labute approximate surface area is 108 Å². The quantitative estimate of drug-likeness (QED) is 0.867. The SMILES string of the molecule is COc1cc(C)c(C(O)C2(O)CCCC2)cc1C. The fourth-order valence-corrected chi connectivity index (χ4v) is 2.88. The molecule has 3 heteroatoms. The number of aryl methyl sites for hydroxylation is 2. The maximum Gasteiger partial charge on any atom is 0.122 e. The number of ether oxygens (including phenoxy) is 1. The Hall–Kier alpha value is -1.06. The lowest BCUT2D eigenvalue weighted by atomic mass is 9.86. The molecule has 1 unspecified atom stereocenters. The van der Waals surface area contributed by atoms with Gasteiger partial charge in [0, 0.05) is 0 Å². The van der Waals surface area contributed by atoms with Gasteiger partial charge in [-0.15, -0.1) is 0 Å². The predicted octanol–water partition coefficient (Wildman–Crippen LogP) is 2.65. The summed E-state index contributed by atoms with van der Waals surface area (Å²) >= 11 is 0. The van der Waals surface area contributed by atoms with Gasteiger partial charge in [0.25, 0.3) is 0 Å². The van der Waals surface area contributed by atoms with E-state index in [0.29, 0.717) is 12.8 Å². The molecule has 1 atom stereocenters. The smallest absolute Gasteiger partial charge is 0.122 e. The van der Waals surface area contributed by atoms with Crippen molar-refractivity contribution in [2.75, 3.05) is 7.11 Å². The minimum absolute atomic E-state index is 0.679. The van der Waals surface area contributed by atoms with Crippen LogP contribution < -0.4 is 4.74 Å². The van der Waals surface area contributed by atoms with E-state index in [4.69, 9.17) is 4.74 Å². The first kappa shape index (κ1) is 13.4. The van der Waals surface area contributed by atoms with Crippen molar-refractivity contribution in [3.8, 4) is 5.75 Å². The molecule has 1 aromatic rings. The second-order valence-electron chi connectivity index (χ2n) is 5.39. The molecule has 0 aliphatic heterocycles. The minimum Gasteiger partial charge on any atom is -0.496 e. The van der Waals surface area contributed by atoms with Gasteiger partial charge in [-0.25, -0.2) is 0 Å². The third-order valence-electron chi connectivity index (χ3n) is 4.06. The Morgan fingerprint density at radius 3 is 2.33 bits per heavy atom. The minimum atomic E-state index is -0.953. The molecule has 2 rings (SSSR count). The van der Waals surface area contributed by atoms with E-state index < -0.39 is 11.7 Å². The maximum absolute atomic E-state index is 10.5. The summed E-state index contributed by atoms with van der Waals surface area (Å²) in [6.07, 6.45) is 2.53. The number of hydrogen-bond acceptors (Lipinski definition) is 3. The van der Waals surface area contributed by atoms with E-state index in [9.17, 15) is 10.2 Å². The number of aliphatic hydroxyl groups is 2. The van der Waals surface area contributed by atoms with Gasteiger partial charge in [0.2, 0.25) is 0 Å². The van der Waals surface area contributed by atoms with E-state index in [1.165, 1.54) is 0 Å². The van der Waals surface area contributed by atoms with Gasteiger partial charge in [-0.1, -0.05) is 12.8 Å². The van der Waals surface area contributed by atoms with Crippen LogP contribution in [0.2, 0.25) is 0 Å². The number of benzene rings is 1. The molecule has 1 saturated carbocycles. The third-order valence-corrected chi connectivity index (χ3v) is 4.06. The average molecular weight is 250 g/mol. The molecular formula is C15H22O3. The molecule has 0 amide bonds. The largest absolute Gasteiger partial charge is 0.496 e. The molecule has 3 nitrogen and oxygen atoms in total. The van der Waals surface area contributed by atoms with Crippen molar-refractivity contribution < 1.29 is 14.9 Å². The normalized spacial score (nSPS) is 19.8. The average Bonchev–Trinajstić information content (AvgIpc) is 2.79. The summed E-state index contributed by atoms with van der Waals surface area (Å²) in [4.78, 5) is 0. The highest BCUT2D eigenvalue weighted by Gasteiger charge is 2.39. The van der Waals surface area contributed by atoms with Crippen molar-refractivity contribution in [1.82, 2.24) is 0 Å². The Morgan fingerprint density at radius 2 is 1.78 bits per heavy atom. The highest BCUT2D eigenvalue weighted by Crippen LogP contribution is 2.41. The van der Waals surface area contributed by atoms with Crippen LogP contribution >= 0.6 is 0 Å². The Balaban J connectivity index is 2.36. The second-order valence-corrected chi connectivity index (χ2v) is 5.39. The first-order valence-electron chi connectivity index (χ1n) is 6.53. The van der Waals surface area contributed by atoms with Crippen LogP contribution in [0.5, 0.6) is 5.75 Å². The lowest BCUT2D eigenvalue weighted by Crippen LogP contribution is -2.33. The highest BCUT2D eigenvalue weighted by molar-refractivity contribution is 5.43. The molecule has 0 spiro atoms. The summed E-state index contributed by atoms with van der Waals surface area (Å²) in [6, 6.07) is 3.85. The zero-order valence-corrected chi connectivity index (χ0v) is 11.4. The zero-order chi connectivity index (χ0) is 13.3. The van der Waals surface area contributed by atoms with E-state index in [1.807, 2.05) is 26.0 Å². The van der Waals surface area contributed by atoms with Gasteiger partial charge in [0.05, 0.1) is 12.7 Å². The van der Waals surface area contributed by atoms with Crippen LogP contribution in [0.4, 0.5) is 0 Å². The van der Waals surface area contributed by atoms with Gasteiger partial charge in [-0.3, -0.25) is 0 Å². The number of hydrogen-bond donors (Lipinski definition) is 2. The van der Waals surface area contributed by atoms with E-state index in [-0.39, 0.29) is 0 Å². The van der Waals surface area contributed by atoms with E-state index in [2.05, 4.69) is 0 Å². The predicted molar refractivity (Wildman–Crippen MR) is 70.8 cm³/mol. The first-order valence-corrected chi connectivity index (χ1v) is 6.53. The van der Waals surface area contributed by atoms with Crippen molar-refractivity contribution in [3.05, 3.63) is 28.8 Å². The summed E-state index contributed by atoms with van der Waals surface area (Å²) in [5.74, 6) is 0.821. The lowest BCUT2D eigenvalue weighted by molar-refractivity contribution is -0.0722. The number of aliphatic hydroxyl groups excluding tert-OH is 1. The topological polar surface area (TPSA) is 49.7 Å². The molecule has 1 aromatic carbocycles. The summed E-state index contributed by atoms with van der Waals surface area (Å²) in [5.41, 5.74) is 1.81. The van der Waals surface area contributed by atoms with Crippen molar-refractivity contribution in [2.45, 2.75) is 51.2 Å². The van der Waals surface area contributed by atoms with E-state index in [0.717, 1.165) is 35.3 Å². The number of methoxy groups -OCH3 is 1. The van der Waals surface area contributed by atoms with Gasteiger partial charge in [-0.05, 0) is 55.5 Å².